The predicted octanol–water partition coefficient (Wildman–Crippen LogP) is 5.03. The summed E-state index contributed by atoms with van der Waals surface area (Å²) >= 11 is 0. The lowest BCUT2D eigenvalue weighted by molar-refractivity contribution is -0.0154. The fraction of sp³-hybridized carbons (Fsp3) is 0.440. The highest BCUT2D eigenvalue weighted by Gasteiger charge is 2.50. The van der Waals surface area contributed by atoms with Gasteiger partial charge in [-0.15, -0.1) is 0 Å². The Labute approximate surface area is 166 Å². The summed E-state index contributed by atoms with van der Waals surface area (Å²) in [5, 5.41) is 1.26. The third-order valence-corrected chi connectivity index (χ3v) is 7.39. The largest absolute Gasteiger partial charge is 0.497 e. The van der Waals surface area contributed by atoms with Gasteiger partial charge in [0.05, 0.1) is 7.11 Å². The molecule has 2 aromatic carbocycles. The van der Waals surface area contributed by atoms with Gasteiger partial charge in [-0.25, -0.2) is 0 Å². The second kappa shape index (κ2) is 6.38. The van der Waals surface area contributed by atoms with E-state index in [-0.39, 0.29) is 0 Å². The van der Waals surface area contributed by atoms with Gasteiger partial charge in [-0.1, -0.05) is 30.3 Å². The van der Waals surface area contributed by atoms with Crippen molar-refractivity contribution in [3.05, 3.63) is 65.4 Å². The van der Waals surface area contributed by atoms with Crippen molar-refractivity contribution in [3.8, 4) is 5.75 Å². The standard InChI is InChI=1S/C25H27NO2/c1-27-19-7-8-23-21(14-19)20-9-10-26-15-17-12-18(11-16-5-3-2-4-6-16)24(26)22(13-17)25(20)28-23/h2-8,14,17-18,22,24H,9-13,15H2,1H3. The molecular formula is C25H27NO2. The van der Waals surface area contributed by atoms with Gasteiger partial charge in [0.25, 0.3) is 0 Å². The molecule has 4 aliphatic rings. The quantitative estimate of drug-likeness (QED) is 0.644. The van der Waals surface area contributed by atoms with Crippen molar-refractivity contribution >= 4 is 11.0 Å². The van der Waals surface area contributed by atoms with Crippen LogP contribution >= 0.6 is 0 Å². The average Bonchev–Trinajstić information content (AvgIpc) is 3.05. The molecule has 28 heavy (non-hydrogen) atoms. The number of furan rings is 1. The molecule has 0 spiro atoms. The maximum absolute atomic E-state index is 6.52. The van der Waals surface area contributed by atoms with Gasteiger partial charge in [0.2, 0.25) is 0 Å². The van der Waals surface area contributed by atoms with Crippen molar-refractivity contribution in [1.29, 1.82) is 0 Å². The molecular weight excluding hydrogens is 346 g/mol. The molecule has 1 aliphatic carbocycles. The van der Waals surface area contributed by atoms with Crippen LogP contribution in [0.2, 0.25) is 0 Å². The summed E-state index contributed by atoms with van der Waals surface area (Å²) in [6.07, 6.45) is 4.94. The zero-order chi connectivity index (χ0) is 18.7. The maximum Gasteiger partial charge on any atom is 0.134 e. The van der Waals surface area contributed by atoms with Crippen molar-refractivity contribution in [2.24, 2.45) is 11.8 Å². The summed E-state index contributed by atoms with van der Waals surface area (Å²) in [7, 11) is 1.74. The number of ether oxygens (including phenoxy) is 1. The Hall–Kier alpha value is -2.26. The first-order valence-corrected chi connectivity index (χ1v) is 10.7. The number of benzene rings is 2. The van der Waals surface area contributed by atoms with E-state index >= 15 is 0 Å². The van der Waals surface area contributed by atoms with Crippen LogP contribution in [0, 0.1) is 11.8 Å². The fourth-order valence-electron chi connectivity index (χ4n) is 6.36. The molecule has 3 aromatic rings. The molecule has 0 N–H and O–H groups in total. The van der Waals surface area contributed by atoms with Crippen LogP contribution in [0.25, 0.3) is 11.0 Å². The summed E-state index contributed by atoms with van der Waals surface area (Å²) in [6.45, 7) is 2.43. The van der Waals surface area contributed by atoms with Gasteiger partial charge in [-0.05, 0) is 61.3 Å². The minimum atomic E-state index is 0.539. The molecule has 1 saturated carbocycles. The second-order valence-corrected chi connectivity index (χ2v) is 8.94. The van der Waals surface area contributed by atoms with Crippen molar-refractivity contribution in [1.82, 2.24) is 4.90 Å². The highest BCUT2D eigenvalue weighted by molar-refractivity contribution is 5.84. The molecule has 7 rings (SSSR count). The molecule has 1 aromatic heterocycles. The Morgan fingerprint density at radius 1 is 1.11 bits per heavy atom. The van der Waals surface area contributed by atoms with E-state index in [2.05, 4.69) is 47.4 Å². The second-order valence-electron chi connectivity index (χ2n) is 8.94. The van der Waals surface area contributed by atoms with Gasteiger partial charge in [-0.3, -0.25) is 4.90 Å². The number of fused-ring (bicyclic) bond motifs is 4. The monoisotopic (exact) mass is 373 g/mol. The molecule has 5 atom stereocenters. The fourth-order valence-corrected chi connectivity index (χ4v) is 6.36. The third kappa shape index (κ3) is 2.52. The summed E-state index contributed by atoms with van der Waals surface area (Å²) in [6, 6.07) is 17.9. The molecule has 3 nitrogen and oxygen atoms in total. The maximum atomic E-state index is 6.52. The topological polar surface area (TPSA) is 25.6 Å². The van der Waals surface area contributed by atoms with Gasteiger partial charge in [0.15, 0.2) is 0 Å². The van der Waals surface area contributed by atoms with E-state index in [1.165, 1.54) is 48.1 Å². The van der Waals surface area contributed by atoms with Gasteiger partial charge in [-0.2, -0.15) is 0 Å². The molecule has 3 fully saturated rings. The summed E-state index contributed by atoms with van der Waals surface area (Å²) in [5.74, 6) is 4.27. The predicted molar refractivity (Wildman–Crippen MR) is 111 cm³/mol. The van der Waals surface area contributed by atoms with E-state index < -0.39 is 0 Å². The highest BCUT2D eigenvalue weighted by atomic mass is 16.5. The van der Waals surface area contributed by atoms with E-state index in [4.69, 9.17) is 9.15 Å². The Bertz CT molecular complexity index is 1010. The van der Waals surface area contributed by atoms with E-state index in [1.807, 2.05) is 6.07 Å². The Morgan fingerprint density at radius 2 is 2.00 bits per heavy atom. The summed E-state index contributed by atoms with van der Waals surface area (Å²) in [4.78, 5) is 2.79. The van der Waals surface area contributed by atoms with Crippen LogP contribution in [-0.2, 0) is 12.8 Å². The molecule has 3 aliphatic heterocycles. The first-order valence-electron chi connectivity index (χ1n) is 10.7. The molecule has 5 unspecified atom stereocenters. The lowest BCUT2D eigenvalue weighted by Crippen LogP contribution is -2.56. The lowest BCUT2D eigenvalue weighted by Gasteiger charge is -2.53. The SMILES string of the molecule is COc1ccc2oc3c(c2c1)CCN1CC2CC(Cc4ccccc4)C1C3C2. The van der Waals surface area contributed by atoms with Crippen LogP contribution in [0.15, 0.2) is 52.9 Å². The number of hydrogen-bond acceptors (Lipinski definition) is 3. The van der Waals surface area contributed by atoms with Gasteiger partial charge in [0, 0.05) is 36.0 Å². The molecule has 0 radical (unpaired) electrons. The van der Waals surface area contributed by atoms with Crippen LogP contribution in [-0.4, -0.2) is 31.1 Å². The van der Waals surface area contributed by atoms with Crippen molar-refractivity contribution in [2.75, 3.05) is 20.2 Å². The van der Waals surface area contributed by atoms with Crippen molar-refractivity contribution < 1.29 is 9.15 Å². The summed E-state index contributed by atoms with van der Waals surface area (Å²) in [5.41, 5.74) is 3.94. The zero-order valence-electron chi connectivity index (χ0n) is 16.4. The van der Waals surface area contributed by atoms with Crippen LogP contribution in [0.5, 0.6) is 5.75 Å². The van der Waals surface area contributed by atoms with Gasteiger partial charge in [0.1, 0.15) is 17.1 Å². The first-order chi connectivity index (χ1) is 13.8. The number of hydrogen-bond donors (Lipinski definition) is 0. The number of nitrogens with zero attached hydrogens (tertiary/aromatic N) is 1. The highest BCUT2D eigenvalue weighted by Crippen LogP contribution is 2.52. The third-order valence-electron chi connectivity index (χ3n) is 7.39. The van der Waals surface area contributed by atoms with Crippen LogP contribution in [0.4, 0.5) is 0 Å². The molecule has 0 amide bonds. The summed E-state index contributed by atoms with van der Waals surface area (Å²) < 4.78 is 12.0. The number of methoxy groups -OCH3 is 1. The minimum absolute atomic E-state index is 0.539. The minimum Gasteiger partial charge on any atom is -0.497 e. The molecule has 4 heterocycles. The lowest BCUT2D eigenvalue weighted by atomic mass is 9.65. The normalized spacial score (nSPS) is 30.8. The molecule has 144 valence electrons. The first kappa shape index (κ1) is 16.7. The molecule has 2 saturated heterocycles. The van der Waals surface area contributed by atoms with Crippen LogP contribution in [0.3, 0.4) is 0 Å². The molecule has 3 heteroatoms. The smallest absolute Gasteiger partial charge is 0.134 e. The average molecular weight is 373 g/mol. The van der Waals surface area contributed by atoms with E-state index in [0.717, 1.165) is 36.1 Å². The number of rotatable bonds is 3. The van der Waals surface area contributed by atoms with E-state index in [9.17, 15) is 0 Å². The molecule has 4 bridgehead atoms. The number of piperidine rings is 2. The van der Waals surface area contributed by atoms with Crippen molar-refractivity contribution in [2.45, 2.75) is 37.6 Å². The zero-order valence-corrected chi connectivity index (χ0v) is 16.4. The Kier molecular flexibility index (Phi) is 3.80. The van der Waals surface area contributed by atoms with E-state index in [1.54, 1.807) is 7.11 Å². The Morgan fingerprint density at radius 3 is 2.86 bits per heavy atom. The Balaban J connectivity index is 1.41. The van der Waals surface area contributed by atoms with E-state index in [0.29, 0.717) is 12.0 Å². The van der Waals surface area contributed by atoms with Gasteiger partial charge >= 0.3 is 0 Å². The van der Waals surface area contributed by atoms with Crippen LogP contribution < -0.4 is 4.74 Å². The van der Waals surface area contributed by atoms with Gasteiger partial charge < -0.3 is 9.15 Å². The van der Waals surface area contributed by atoms with Crippen LogP contribution in [0.1, 0.15) is 35.6 Å². The van der Waals surface area contributed by atoms with Crippen molar-refractivity contribution in [3.63, 3.8) is 0 Å².